The molecule has 1 aromatic rings. The Morgan fingerprint density at radius 1 is 1.24 bits per heavy atom. The molecule has 2 bridgehead atoms. The van der Waals surface area contributed by atoms with E-state index in [9.17, 15) is 13.2 Å². The van der Waals surface area contributed by atoms with Crippen molar-refractivity contribution in [3.8, 4) is 5.75 Å². The monoisotopic (exact) mass is 300 g/mol. The van der Waals surface area contributed by atoms with Crippen LogP contribution in [0.25, 0.3) is 0 Å². The van der Waals surface area contributed by atoms with Crippen LogP contribution >= 0.6 is 0 Å². The van der Waals surface area contributed by atoms with Crippen molar-refractivity contribution in [2.24, 2.45) is 11.7 Å². The first kappa shape index (κ1) is 14.7. The van der Waals surface area contributed by atoms with Crippen LogP contribution in [0.4, 0.5) is 13.2 Å². The number of alkyl halides is 3. The Kier molecular flexibility index (Phi) is 3.84. The van der Waals surface area contributed by atoms with E-state index in [1.165, 1.54) is 31.4 Å². The number of nitrogens with zero attached hydrogens (tertiary/aromatic N) is 1. The van der Waals surface area contributed by atoms with Gasteiger partial charge in [-0.2, -0.15) is 0 Å². The van der Waals surface area contributed by atoms with E-state index in [2.05, 4.69) is 9.64 Å². The number of likely N-dealkylation sites (tertiary alicyclic amines) is 1. The van der Waals surface area contributed by atoms with Crippen LogP contribution in [-0.4, -0.2) is 30.4 Å². The number of ether oxygens (including phenoxy) is 1. The number of halogens is 3. The molecule has 0 aromatic heterocycles. The summed E-state index contributed by atoms with van der Waals surface area (Å²) in [5.74, 6) is 0.571. The molecule has 116 valence electrons. The summed E-state index contributed by atoms with van der Waals surface area (Å²) in [6.45, 7) is 1.52. The maximum atomic E-state index is 12.2. The molecular weight excluding hydrogens is 281 g/mol. The first-order valence-corrected chi connectivity index (χ1v) is 7.28. The number of rotatable bonds is 4. The standard InChI is InChI=1S/C15H19F3N2O/c16-15(17,18)21-13-5-2-11(3-6-13)14(8-19)20-9-10-1-4-12(20)7-10/h2-3,5-6,10,12,14H,1,4,7-9,19H2. The van der Waals surface area contributed by atoms with Gasteiger partial charge in [0.1, 0.15) is 5.75 Å². The molecule has 2 fully saturated rings. The molecule has 1 heterocycles. The van der Waals surface area contributed by atoms with E-state index in [0.717, 1.165) is 18.0 Å². The van der Waals surface area contributed by atoms with E-state index in [1.807, 2.05) is 0 Å². The molecule has 1 aromatic carbocycles. The van der Waals surface area contributed by atoms with Gasteiger partial charge in [-0.1, -0.05) is 12.1 Å². The highest BCUT2D eigenvalue weighted by Crippen LogP contribution is 2.42. The van der Waals surface area contributed by atoms with E-state index < -0.39 is 6.36 Å². The van der Waals surface area contributed by atoms with Gasteiger partial charge in [0.05, 0.1) is 0 Å². The minimum atomic E-state index is -4.65. The lowest BCUT2D eigenvalue weighted by atomic mass is 10.0. The molecule has 1 saturated carbocycles. The zero-order chi connectivity index (χ0) is 15.0. The van der Waals surface area contributed by atoms with Gasteiger partial charge in [0.2, 0.25) is 0 Å². The maximum absolute atomic E-state index is 12.2. The van der Waals surface area contributed by atoms with Crippen molar-refractivity contribution in [2.45, 2.75) is 37.7 Å². The van der Waals surface area contributed by atoms with Crippen LogP contribution in [0.5, 0.6) is 5.75 Å². The molecule has 6 heteroatoms. The number of nitrogens with two attached hydrogens (primary N) is 1. The van der Waals surface area contributed by atoms with E-state index in [-0.39, 0.29) is 11.8 Å². The van der Waals surface area contributed by atoms with Crippen molar-refractivity contribution in [1.82, 2.24) is 4.90 Å². The second-order valence-electron chi connectivity index (χ2n) is 5.90. The molecular formula is C15H19F3N2O. The molecule has 1 aliphatic carbocycles. The van der Waals surface area contributed by atoms with Crippen molar-refractivity contribution >= 4 is 0 Å². The summed E-state index contributed by atoms with van der Waals surface area (Å²) in [7, 11) is 0. The van der Waals surface area contributed by atoms with Gasteiger partial charge in [-0.15, -0.1) is 13.2 Å². The largest absolute Gasteiger partial charge is 0.573 e. The fraction of sp³-hybridized carbons (Fsp3) is 0.600. The summed E-state index contributed by atoms with van der Waals surface area (Å²) >= 11 is 0. The van der Waals surface area contributed by atoms with Crippen molar-refractivity contribution in [3.05, 3.63) is 29.8 Å². The number of fused-ring (bicyclic) bond motifs is 2. The second kappa shape index (κ2) is 5.50. The smallest absolute Gasteiger partial charge is 0.406 e. The third-order valence-electron chi connectivity index (χ3n) is 4.57. The highest BCUT2D eigenvalue weighted by atomic mass is 19.4. The van der Waals surface area contributed by atoms with E-state index in [0.29, 0.717) is 12.6 Å². The van der Waals surface area contributed by atoms with Gasteiger partial charge >= 0.3 is 6.36 Å². The Bertz CT molecular complexity index is 489. The Hall–Kier alpha value is -1.27. The molecule has 1 aliphatic heterocycles. The lowest BCUT2D eigenvalue weighted by molar-refractivity contribution is -0.274. The van der Waals surface area contributed by atoms with Crippen molar-refractivity contribution in [1.29, 1.82) is 0 Å². The first-order valence-electron chi connectivity index (χ1n) is 7.28. The van der Waals surface area contributed by atoms with Gasteiger partial charge in [0.25, 0.3) is 0 Å². The fourth-order valence-electron chi connectivity index (χ4n) is 3.70. The molecule has 3 rings (SSSR count). The van der Waals surface area contributed by atoms with Gasteiger partial charge in [-0.3, -0.25) is 4.90 Å². The molecule has 3 nitrogen and oxygen atoms in total. The van der Waals surface area contributed by atoms with Crippen molar-refractivity contribution in [3.63, 3.8) is 0 Å². The minimum Gasteiger partial charge on any atom is -0.406 e. The zero-order valence-corrected chi connectivity index (χ0v) is 11.6. The highest BCUT2D eigenvalue weighted by Gasteiger charge is 2.41. The Morgan fingerprint density at radius 2 is 1.95 bits per heavy atom. The molecule has 21 heavy (non-hydrogen) atoms. The molecule has 2 N–H and O–H groups in total. The van der Waals surface area contributed by atoms with Gasteiger partial charge < -0.3 is 10.5 Å². The van der Waals surface area contributed by atoms with Crippen LogP contribution in [0.1, 0.15) is 30.9 Å². The number of piperidine rings is 1. The quantitative estimate of drug-likeness (QED) is 0.928. The topological polar surface area (TPSA) is 38.5 Å². The van der Waals surface area contributed by atoms with Crippen molar-refractivity contribution < 1.29 is 17.9 Å². The molecule has 1 saturated heterocycles. The molecule has 0 amide bonds. The summed E-state index contributed by atoms with van der Waals surface area (Å²) in [6.07, 6.45) is -0.929. The normalized spacial score (nSPS) is 27.0. The summed E-state index contributed by atoms with van der Waals surface area (Å²) in [6, 6.07) is 6.75. The minimum absolute atomic E-state index is 0.0836. The van der Waals surface area contributed by atoms with E-state index in [4.69, 9.17) is 5.73 Å². The van der Waals surface area contributed by atoms with Gasteiger partial charge in [0, 0.05) is 25.2 Å². The third-order valence-corrected chi connectivity index (χ3v) is 4.57. The molecule has 3 atom stereocenters. The maximum Gasteiger partial charge on any atom is 0.573 e. The van der Waals surface area contributed by atoms with Crippen LogP contribution in [0.3, 0.4) is 0 Å². The van der Waals surface area contributed by atoms with Gasteiger partial charge in [-0.05, 0) is 42.9 Å². The van der Waals surface area contributed by atoms with E-state index in [1.54, 1.807) is 12.1 Å². The second-order valence-corrected chi connectivity index (χ2v) is 5.90. The van der Waals surface area contributed by atoms with E-state index >= 15 is 0 Å². The van der Waals surface area contributed by atoms with Gasteiger partial charge in [-0.25, -0.2) is 0 Å². The Labute approximate surface area is 121 Å². The van der Waals surface area contributed by atoms with Crippen LogP contribution in [0.2, 0.25) is 0 Å². The highest BCUT2D eigenvalue weighted by molar-refractivity contribution is 5.30. The van der Waals surface area contributed by atoms with Crippen LogP contribution in [0.15, 0.2) is 24.3 Å². The number of hydrogen-bond acceptors (Lipinski definition) is 3. The molecule has 3 unspecified atom stereocenters. The summed E-state index contributed by atoms with van der Waals surface area (Å²) in [5, 5.41) is 0. The lowest BCUT2D eigenvalue weighted by Gasteiger charge is -2.34. The number of hydrogen-bond donors (Lipinski definition) is 1. The average molecular weight is 300 g/mol. The first-order chi connectivity index (χ1) is 9.96. The average Bonchev–Trinajstić information content (AvgIpc) is 3.02. The molecule has 0 spiro atoms. The third kappa shape index (κ3) is 3.16. The van der Waals surface area contributed by atoms with Gasteiger partial charge in [0.15, 0.2) is 0 Å². The van der Waals surface area contributed by atoms with Crippen LogP contribution in [0, 0.1) is 5.92 Å². The SMILES string of the molecule is NCC(c1ccc(OC(F)(F)F)cc1)N1CC2CCC1C2. The Morgan fingerprint density at radius 3 is 2.43 bits per heavy atom. The molecule has 0 radical (unpaired) electrons. The fourth-order valence-corrected chi connectivity index (χ4v) is 3.70. The van der Waals surface area contributed by atoms with Crippen LogP contribution < -0.4 is 10.5 Å². The van der Waals surface area contributed by atoms with Crippen molar-refractivity contribution in [2.75, 3.05) is 13.1 Å². The van der Waals surface area contributed by atoms with Crippen LogP contribution in [-0.2, 0) is 0 Å². The summed E-state index contributed by atoms with van der Waals surface area (Å²) < 4.78 is 40.4. The summed E-state index contributed by atoms with van der Waals surface area (Å²) in [5.41, 5.74) is 6.86. The predicted octanol–water partition coefficient (Wildman–Crippen LogP) is 3.07. The predicted molar refractivity (Wildman–Crippen MR) is 72.8 cm³/mol. The zero-order valence-electron chi connectivity index (χ0n) is 11.6. The lowest BCUT2D eigenvalue weighted by Crippen LogP contribution is -2.39. The Balaban J connectivity index is 1.72. The summed E-state index contributed by atoms with van der Waals surface area (Å²) in [4.78, 5) is 2.41. The number of benzene rings is 1. The molecule has 2 aliphatic rings.